The van der Waals surface area contributed by atoms with Crippen molar-refractivity contribution >= 4 is 17.8 Å². The minimum Gasteiger partial charge on any atom is -0.870 e. The van der Waals surface area contributed by atoms with Crippen LogP contribution in [0.1, 0.15) is 64.7 Å². The summed E-state index contributed by atoms with van der Waals surface area (Å²) in [6, 6.07) is 0. The van der Waals surface area contributed by atoms with Crippen LogP contribution in [-0.4, -0.2) is 56.7 Å². The maximum Gasteiger partial charge on any atom is 1.00 e. The predicted molar refractivity (Wildman–Crippen MR) is 107 cm³/mol. The topological polar surface area (TPSA) is 124 Å². The first-order valence-corrected chi connectivity index (χ1v) is 10.00. The Kier molecular flexibility index (Phi) is 27.5. The number of carbonyl (C=O) groups excluding carboxylic acids is 3. The Hall–Kier alpha value is -1.33. The Balaban J connectivity index is -0.00000338. The number of carbonyl (C=O) groups is 3. The van der Waals surface area contributed by atoms with Gasteiger partial charge >= 0.3 is 36.6 Å². The molecule has 0 rings (SSSR count). The predicted octanol–water partition coefficient (Wildman–Crippen LogP) is -0.677. The zero-order chi connectivity index (χ0) is 20.2. The molecule has 164 valence electrons. The molecule has 0 aromatic heterocycles. The van der Waals surface area contributed by atoms with Crippen LogP contribution in [0.5, 0.6) is 0 Å². The summed E-state index contributed by atoms with van der Waals surface area (Å²) in [5, 5.41) is 4.87. The molecule has 0 fully saturated rings. The summed E-state index contributed by atoms with van der Waals surface area (Å²) in [6.07, 6.45) is 14.0. The fourth-order valence-electron chi connectivity index (χ4n) is 2.37. The van der Waals surface area contributed by atoms with Crippen LogP contribution in [0, 0.1) is 0 Å². The van der Waals surface area contributed by atoms with Gasteiger partial charge < -0.3 is 25.6 Å². The van der Waals surface area contributed by atoms with Crippen molar-refractivity contribution in [2.75, 3.05) is 33.4 Å². The van der Waals surface area contributed by atoms with E-state index in [4.69, 9.17) is 9.47 Å². The molecule has 29 heavy (non-hydrogen) atoms. The number of likely N-dealkylation sites (N-methyl/N-ethyl adjacent to an activating group) is 1. The quantitative estimate of drug-likeness (QED) is 0.115. The van der Waals surface area contributed by atoms with Crippen molar-refractivity contribution in [1.82, 2.24) is 10.6 Å². The van der Waals surface area contributed by atoms with Gasteiger partial charge in [0.2, 0.25) is 0 Å². The number of unbranched alkanes of at least 4 members (excludes halogenated alkanes) is 7. The van der Waals surface area contributed by atoms with Crippen LogP contribution >= 0.6 is 0 Å². The van der Waals surface area contributed by atoms with Gasteiger partial charge in [-0.2, -0.15) is 0 Å². The van der Waals surface area contributed by atoms with Crippen molar-refractivity contribution in [2.45, 2.75) is 64.7 Å². The molecule has 3 N–H and O–H groups in total. The van der Waals surface area contributed by atoms with E-state index < -0.39 is 11.8 Å². The first-order chi connectivity index (χ1) is 13.1. The molecular weight excluding hydrogens is 371 g/mol. The van der Waals surface area contributed by atoms with E-state index in [0.717, 1.165) is 38.5 Å². The van der Waals surface area contributed by atoms with E-state index in [0.29, 0.717) is 19.8 Å². The van der Waals surface area contributed by atoms with Crippen molar-refractivity contribution in [2.24, 2.45) is 0 Å². The molecule has 9 heteroatoms. The number of esters is 1. The van der Waals surface area contributed by atoms with Crippen molar-refractivity contribution < 1.29 is 48.2 Å². The van der Waals surface area contributed by atoms with E-state index in [1.54, 1.807) is 6.92 Å². The Morgan fingerprint density at radius 2 is 1.45 bits per heavy atom. The SMILES string of the molecule is CCOC(=O)COCCCCCCC/C=C\CCCCNC(=O)C(=O)NC.[Li+].[OH-]. The van der Waals surface area contributed by atoms with Crippen molar-refractivity contribution in [3.05, 3.63) is 12.2 Å². The van der Waals surface area contributed by atoms with Crippen molar-refractivity contribution in [3.8, 4) is 0 Å². The standard InChI is InChI=1S/C20H36N2O5.Li.H2O/c1-3-27-18(23)17-26-16-14-12-10-8-6-4-5-7-9-11-13-15-22-20(25)19(24)21-2;;/h5,7H,3-4,6,8-17H2,1-2H3,(H,21,24)(H,22,25);;1H2/q;+1;/p-1/b7-5-;;. The van der Waals surface area contributed by atoms with E-state index >= 15 is 0 Å². The zero-order valence-corrected chi connectivity index (χ0v) is 18.3. The number of ether oxygens (including phenoxy) is 2. The molecule has 0 radical (unpaired) electrons. The molecule has 0 saturated heterocycles. The second kappa shape index (κ2) is 24.7. The number of amides is 2. The van der Waals surface area contributed by atoms with Gasteiger partial charge in [0.25, 0.3) is 0 Å². The summed E-state index contributed by atoms with van der Waals surface area (Å²) < 4.78 is 10.0. The van der Waals surface area contributed by atoms with E-state index in [2.05, 4.69) is 22.8 Å². The third kappa shape index (κ3) is 22.8. The van der Waals surface area contributed by atoms with Gasteiger partial charge in [0.15, 0.2) is 0 Å². The number of allylic oxidation sites excluding steroid dienone is 2. The molecule has 0 saturated carbocycles. The van der Waals surface area contributed by atoms with E-state index in [1.165, 1.54) is 26.3 Å². The van der Waals surface area contributed by atoms with Crippen LogP contribution < -0.4 is 29.5 Å². The Morgan fingerprint density at radius 3 is 2.07 bits per heavy atom. The second-order valence-electron chi connectivity index (χ2n) is 6.22. The summed E-state index contributed by atoms with van der Waals surface area (Å²) in [5.74, 6) is -1.46. The molecular formula is C20H37LiN2O6. The van der Waals surface area contributed by atoms with Crippen LogP contribution in [0.3, 0.4) is 0 Å². The molecule has 0 unspecified atom stereocenters. The van der Waals surface area contributed by atoms with Crippen LogP contribution in [0.2, 0.25) is 0 Å². The van der Waals surface area contributed by atoms with E-state index in [9.17, 15) is 14.4 Å². The summed E-state index contributed by atoms with van der Waals surface area (Å²) in [7, 11) is 1.44. The summed E-state index contributed by atoms with van der Waals surface area (Å²) >= 11 is 0. The molecule has 0 aromatic carbocycles. The molecule has 0 aromatic rings. The monoisotopic (exact) mass is 408 g/mol. The third-order valence-electron chi connectivity index (χ3n) is 3.87. The first-order valence-electron chi connectivity index (χ1n) is 10.00. The Labute approximate surface area is 187 Å². The number of hydrogen-bond acceptors (Lipinski definition) is 6. The summed E-state index contributed by atoms with van der Waals surface area (Å²) in [6.45, 7) is 3.38. The number of hydrogen-bond donors (Lipinski definition) is 2. The van der Waals surface area contributed by atoms with Gasteiger partial charge in [-0.1, -0.05) is 31.4 Å². The smallest absolute Gasteiger partial charge is 0.870 e. The Bertz CT molecular complexity index is 447. The van der Waals surface area contributed by atoms with Gasteiger partial charge in [0.1, 0.15) is 6.61 Å². The van der Waals surface area contributed by atoms with Crippen molar-refractivity contribution in [1.29, 1.82) is 0 Å². The Morgan fingerprint density at radius 1 is 0.862 bits per heavy atom. The number of rotatable bonds is 16. The molecule has 0 aliphatic carbocycles. The average Bonchev–Trinajstić information content (AvgIpc) is 2.66. The zero-order valence-electron chi connectivity index (χ0n) is 18.3. The van der Waals surface area contributed by atoms with E-state index in [1.807, 2.05) is 0 Å². The molecule has 0 heterocycles. The fraction of sp³-hybridized carbons (Fsp3) is 0.750. The largest absolute Gasteiger partial charge is 1.00 e. The van der Waals surface area contributed by atoms with Gasteiger partial charge in [0, 0.05) is 20.2 Å². The molecule has 0 aliphatic heterocycles. The molecule has 0 bridgehead atoms. The van der Waals surface area contributed by atoms with Gasteiger partial charge in [-0.05, 0) is 45.4 Å². The molecule has 0 atom stereocenters. The minimum atomic E-state index is -0.598. The van der Waals surface area contributed by atoms with Crippen LogP contribution in [0.4, 0.5) is 0 Å². The first kappa shape index (κ1) is 32.3. The van der Waals surface area contributed by atoms with Crippen LogP contribution in [0.25, 0.3) is 0 Å². The summed E-state index contributed by atoms with van der Waals surface area (Å²) in [5.41, 5.74) is 0. The second-order valence-corrected chi connectivity index (χ2v) is 6.22. The van der Waals surface area contributed by atoms with Gasteiger partial charge in [0.05, 0.1) is 6.61 Å². The molecule has 8 nitrogen and oxygen atoms in total. The molecule has 0 aliphatic rings. The van der Waals surface area contributed by atoms with Crippen molar-refractivity contribution in [3.63, 3.8) is 0 Å². The summed E-state index contributed by atoms with van der Waals surface area (Å²) in [4.78, 5) is 33.2. The number of nitrogens with one attached hydrogen (secondary N) is 2. The van der Waals surface area contributed by atoms with Gasteiger partial charge in [-0.25, -0.2) is 4.79 Å². The normalized spacial score (nSPS) is 10.0. The molecule has 2 amide bonds. The molecule has 0 spiro atoms. The van der Waals surface area contributed by atoms with E-state index in [-0.39, 0.29) is 36.9 Å². The maximum atomic E-state index is 11.2. The average molecular weight is 408 g/mol. The van der Waals surface area contributed by atoms with Gasteiger partial charge in [-0.15, -0.1) is 0 Å². The fourth-order valence-corrected chi connectivity index (χ4v) is 2.37. The third-order valence-corrected chi connectivity index (χ3v) is 3.87. The maximum absolute atomic E-state index is 11.2. The van der Waals surface area contributed by atoms with Crippen LogP contribution in [-0.2, 0) is 23.9 Å². The van der Waals surface area contributed by atoms with Gasteiger partial charge in [-0.3, -0.25) is 9.59 Å². The van der Waals surface area contributed by atoms with Crippen LogP contribution in [0.15, 0.2) is 12.2 Å². The minimum absolute atomic E-state index is 0.